The van der Waals surface area contributed by atoms with Gasteiger partial charge in [-0.1, -0.05) is 13.0 Å². The van der Waals surface area contributed by atoms with Gasteiger partial charge in [-0.25, -0.2) is 0 Å². The third kappa shape index (κ3) is 4.13. The van der Waals surface area contributed by atoms with E-state index in [4.69, 9.17) is 5.73 Å². The molecule has 0 saturated heterocycles. The van der Waals surface area contributed by atoms with Gasteiger partial charge in [-0.05, 0) is 56.0 Å². The first kappa shape index (κ1) is 16.1. The first-order valence-electron chi connectivity index (χ1n) is 7.53. The van der Waals surface area contributed by atoms with E-state index in [0.29, 0.717) is 6.04 Å². The van der Waals surface area contributed by atoms with Crippen LogP contribution in [0.2, 0.25) is 0 Å². The van der Waals surface area contributed by atoms with E-state index in [1.165, 1.54) is 10.4 Å². The molecule has 0 amide bonds. The summed E-state index contributed by atoms with van der Waals surface area (Å²) < 4.78 is 0. The minimum atomic E-state index is 0.128. The molecule has 21 heavy (non-hydrogen) atoms. The van der Waals surface area contributed by atoms with Crippen molar-refractivity contribution < 1.29 is 0 Å². The molecule has 0 radical (unpaired) electrons. The fraction of sp³-hybridized carbons (Fsp3) is 0.471. The molecule has 0 aliphatic rings. The summed E-state index contributed by atoms with van der Waals surface area (Å²) in [4.78, 5) is 7.95. The van der Waals surface area contributed by atoms with Gasteiger partial charge in [0, 0.05) is 35.4 Å². The van der Waals surface area contributed by atoms with Crippen LogP contribution in [0.4, 0.5) is 0 Å². The highest BCUT2D eigenvalue weighted by molar-refractivity contribution is 7.09. The van der Waals surface area contributed by atoms with Crippen LogP contribution < -0.4 is 5.73 Å². The molecule has 0 aliphatic heterocycles. The Morgan fingerprint density at radius 3 is 2.57 bits per heavy atom. The van der Waals surface area contributed by atoms with Gasteiger partial charge in [0.05, 0.1) is 0 Å². The topological polar surface area (TPSA) is 42.1 Å². The summed E-state index contributed by atoms with van der Waals surface area (Å²) in [5.74, 6) is 0. The lowest BCUT2D eigenvalue weighted by molar-refractivity contribution is 0.158. The molecule has 0 aromatic carbocycles. The maximum absolute atomic E-state index is 6.40. The Kier molecular flexibility index (Phi) is 5.91. The van der Waals surface area contributed by atoms with Crippen LogP contribution in [-0.4, -0.2) is 29.0 Å². The molecule has 2 N–H and O–H groups in total. The quantitative estimate of drug-likeness (QED) is 0.851. The van der Waals surface area contributed by atoms with Crippen LogP contribution in [-0.2, 0) is 6.42 Å². The van der Waals surface area contributed by atoms with E-state index < -0.39 is 0 Å². The number of aromatic nitrogens is 1. The highest BCUT2D eigenvalue weighted by atomic mass is 32.1. The van der Waals surface area contributed by atoms with Gasteiger partial charge in [-0.3, -0.25) is 9.88 Å². The lowest BCUT2D eigenvalue weighted by Gasteiger charge is -2.36. The van der Waals surface area contributed by atoms with E-state index in [9.17, 15) is 0 Å². The molecule has 114 valence electrons. The third-order valence-electron chi connectivity index (χ3n) is 4.14. The average molecular weight is 303 g/mol. The monoisotopic (exact) mass is 303 g/mol. The van der Waals surface area contributed by atoms with Gasteiger partial charge in [-0.15, -0.1) is 11.3 Å². The van der Waals surface area contributed by atoms with Gasteiger partial charge < -0.3 is 5.73 Å². The molecule has 3 unspecified atom stereocenters. The maximum Gasteiger partial charge on any atom is 0.0500 e. The number of thiophene rings is 1. The fourth-order valence-electron chi connectivity index (χ4n) is 2.71. The number of hydrogen-bond acceptors (Lipinski definition) is 4. The van der Waals surface area contributed by atoms with Crippen molar-refractivity contribution in [1.29, 1.82) is 0 Å². The molecular weight excluding hydrogens is 278 g/mol. The Labute approximate surface area is 131 Å². The van der Waals surface area contributed by atoms with Crippen LogP contribution >= 0.6 is 11.3 Å². The number of rotatable bonds is 7. The molecule has 2 aromatic rings. The summed E-state index contributed by atoms with van der Waals surface area (Å²) >= 11 is 1.82. The molecule has 2 rings (SSSR count). The minimum absolute atomic E-state index is 0.128. The predicted octanol–water partition coefficient (Wildman–Crippen LogP) is 3.48. The smallest absolute Gasteiger partial charge is 0.0500 e. The number of nitrogens with zero attached hydrogens (tertiary/aromatic N) is 2. The molecular formula is C17H25N3S. The molecule has 3 atom stereocenters. The fourth-order valence-corrected chi connectivity index (χ4v) is 3.53. The highest BCUT2D eigenvalue weighted by Gasteiger charge is 2.26. The zero-order valence-electron chi connectivity index (χ0n) is 13.1. The van der Waals surface area contributed by atoms with Crippen molar-refractivity contribution in [2.45, 2.75) is 44.8 Å². The number of nitrogens with two attached hydrogens (primary N) is 1. The van der Waals surface area contributed by atoms with Crippen LogP contribution in [0.3, 0.4) is 0 Å². The third-order valence-corrected chi connectivity index (χ3v) is 5.03. The predicted molar refractivity (Wildman–Crippen MR) is 90.5 cm³/mol. The number of likely N-dealkylation sites (N-methyl/N-ethyl adjacent to an activating group) is 1. The molecule has 2 aromatic heterocycles. The summed E-state index contributed by atoms with van der Waals surface area (Å²) in [6.07, 6.45) is 5.72. The van der Waals surface area contributed by atoms with E-state index in [1.54, 1.807) is 0 Å². The first-order chi connectivity index (χ1) is 10.1. The summed E-state index contributed by atoms with van der Waals surface area (Å²) in [6, 6.07) is 9.28. The first-order valence-corrected chi connectivity index (χ1v) is 8.41. The zero-order chi connectivity index (χ0) is 15.2. The largest absolute Gasteiger partial charge is 0.326 e. The maximum atomic E-state index is 6.40. The van der Waals surface area contributed by atoms with Crippen LogP contribution in [0.25, 0.3) is 0 Å². The van der Waals surface area contributed by atoms with E-state index in [-0.39, 0.29) is 12.1 Å². The Hall–Kier alpha value is -1.23. The molecule has 0 bridgehead atoms. The molecule has 4 heteroatoms. The van der Waals surface area contributed by atoms with E-state index in [1.807, 2.05) is 23.7 Å². The Morgan fingerprint density at radius 1 is 1.29 bits per heavy atom. The van der Waals surface area contributed by atoms with Crippen molar-refractivity contribution in [3.63, 3.8) is 0 Å². The second-order valence-electron chi connectivity index (χ2n) is 5.60. The van der Waals surface area contributed by atoms with Gasteiger partial charge in [0.1, 0.15) is 0 Å². The Morgan fingerprint density at radius 2 is 2.00 bits per heavy atom. The van der Waals surface area contributed by atoms with Gasteiger partial charge in [0.25, 0.3) is 0 Å². The van der Waals surface area contributed by atoms with Crippen molar-refractivity contribution in [3.8, 4) is 0 Å². The van der Waals surface area contributed by atoms with Gasteiger partial charge >= 0.3 is 0 Å². The van der Waals surface area contributed by atoms with Crippen LogP contribution in [0, 0.1) is 0 Å². The highest BCUT2D eigenvalue weighted by Crippen LogP contribution is 2.27. The van der Waals surface area contributed by atoms with E-state index in [0.717, 1.165) is 12.8 Å². The molecule has 0 aliphatic carbocycles. The van der Waals surface area contributed by atoms with Gasteiger partial charge in [0.15, 0.2) is 0 Å². The van der Waals surface area contributed by atoms with Crippen molar-refractivity contribution in [2.75, 3.05) is 7.05 Å². The Bertz CT molecular complexity index is 512. The normalized spacial score (nSPS) is 15.9. The van der Waals surface area contributed by atoms with Gasteiger partial charge in [0.2, 0.25) is 0 Å². The van der Waals surface area contributed by atoms with Crippen LogP contribution in [0.15, 0.2) is 42.0 Å². The van der Waals surface area contributed by atoms with Crippen LogP contribution in [0.1, 0.15) is 36.8 Å². The lowest BCUT2D eigenvalue weighted by Crippen LogP contribution is -2.43. The molecule has 0 fully saturated rings. The summed E-state index contributed by atoms with van der Waals surface area (Å²) in [5.41, 5.74) is 7.65. The van der Waals surface area contributed by atoms with Crippen molar-refractivity contribution in [1.82, 2.24) is 9.88 Å². The second kappa shape index (κ2) is 7.69. The molecule has 0 spiro atoms. The standard InChI is InChI=1S/C17H25N3S/c1-4-16(18)17(14-7-9-19-10-8-14)20(3)13(2)12-15-6-5-11-21-15/h5-11,13,16-17H,4,12,18H2,1-3H3. The van der Waals surface area contributed by atoms with E-state index >= 15 is 0 Å². The molecule has 2 heterocycles. The molecule has 0 saturated carbocycles. The summed E-state index contributed by atoms with van der Waals surface area (Å²) in [5, 5.41) is 2.14. The summed E-state index contributed by atoms with van der Waals surface area (Å²) in [7, 11) is 2.18. The zero-order valence-corrected chi connectivity index (χ0v) is 13.9. The van der Waals surface area contributed by atoms with E-state index in [2.05, 4.69) is 60.4 Å². The average Bonchev–Trinajstić information content (AvgIpc) is 3.01. The Balaban J connectivity index is 2.16. The second-order valence-corrected chi connectivity index (χ2v) is 6.63. The summed E-state index contributed by atoms with van der Waals surface area (Å²) in [6.45, 7) is 4.42. The molecule has 3 nitrogen and oxygen atoms in total. The lowest BCUT2D eigenvalue weighted by atomic mass is 9.96. The number of hydrogen-bond donors (Lipinski definition) is 1. The van der Waals surface area contributed by atoms with Crippen molar-refractivity contribution in [3.05, 3.63) is 52.5 Å². The van der Waals surface area contributed by atoms with Crippen molar-refractivity contribution >= 4 is 11.3 Å². The minimum Gasteiger partial charge on any atom is -0.326 e. The SMILES string of the molecule is CCC(N)C(c1ccncc1)N(C)C(C)Cc1cccs1. The number of pyridine rings is 1. The van der Waals surface area contributed by atoms with Crippen LogP contribution in [0.5, 0.6) is 0 Å². The van der Waals surface area contributed by atoms with Gasteiger partial charge in [-0.2, -0.15) is 0 Å². The van der Waals surface area contributed by atoms with Crippen molar-refractivity contribution in [2.24, 2.45) is 5.73 Å².